The molecule has 0 aromatic rings. The van der Waals surface area contributed by atoms with E-state index in [1.807, 2.05) is 0 Å². The van der Waals surface area contributed by atoms with Crippen LogP contribution < -0.4 is 0 Å². The molecule has 0 heterocycles. The summed E-state index contributed by atoms with van der Waals surface area (Å²) in [7, 11) is 0.0525. The minimum Gasteiger partial charge on any atom is -0.270 e. The molecule has 0 atom stereocenters. The van der Waals surface area contributed by atoms with Crippen molar-refractivity contribution in [1.82, 2.24) is 0 Å². The van der Waals surface area contributed by atoms with Gasteiger partial charge in [-0.2, -0.15) is 0 Å². The molecular weight excluding hydrogens is 83.0 g/mol. The smallest absolute Gasteiger partial charge is 0.186 e. The largest absolute Gasteiger partial charge is 0.270 e. The second-order valence-corrected chi connectivity index (χ2v) is 1.77. The third-order valence-corrected chi connectivity index (χ3v) is 0.468. The molecule has 0 unspecified atom stereocenters. The molecule has 5 heavy (non-hydrogen) atoms. The minimum absolute atomic E-state index is 0.0525. The molecule has 0 fully saturated rings. The van der Waals surface area contributed by atoms with Crippen LogP contribution in [0.3, 0.4) is 0 Å². The van der Waals surface area contributed by atoms with Gasteiger partial charge in [-0.1, -0.05) is 6.58 Å². The van der Waals surface area contributed by atoms with Crippen LogP contribution in [0.15, 0.2) is 11.9 Å². The van der Waals surface area contributed by atoms with Crippen LogP contribution in [0.1, 0.15) is 6.92 Å². The summed E-state index contributed by atoms with van der Waals surface area (Å²) in [6.45, 7) is 5.05. The maximum Gasteiger partial charge on any atom is 0.186 e. The Morgan fingerprint density at radius 1 is 2.00 bits per heavy atom. The topological polar surface area (TPSA) is 17.1 Å². The molecule has 0 aliphatic heterocycles. The lowest BCUT2D eigenvalue weighted by Crippen LogP contribution is -1.37. The Morgan fingerprint density at radius 2 is 2.20 bits per heavy atom. The molecule has 0 radical (unpaired) electrons. The van der Waals surface area contributed by atoms with E-state index in [-0.39, 0.29) is 8.46 Å². The first-order valence-corrected chi connectivity index (χ1v) is 2.07. The van der Waals surface area contributed by atoms with E-state index >= 15 is 0 Å². The summed E-state index contributed by atoms with van der Waals surface area (Å²) < 4.78 is 9.50. The lowest BCUT2D eigenvalue weighted by Gasteiger charge is -1.63. The lowest BCUT2D eigenvalue weighted by atomic mass is 10.8. The summed E-state index contributed by atoms with van der Waals surface area (Å²) >= 11 is 0. The Kier molecular flexibility index (Phi) is 2.03. The van der Waals surface area contributed by atoms with Crippen LogP contribution in [0.25, 0.3) is 0 Å². The zero-order valence-electron chi connectivity index (χ0n) is 3.06. The Balaban J connectivity index is 3.20. The Morgan fingerprint density at radius 3 is 2.20 bits per heavy atom. The highest BCUT2D eigenvalue weighted by molar-refractivity contribution is 7.29. The van der Waals surface area contributed by atoms with Gasteiger partial charge in [0, 0.05) is 5.31 Å². The van der Waals surface area contributed by atoms with Gasteiger partial charge < -0.3 is 0 Å². The minimum atomic E-state index is 0.0525. The predicted molar refractivity (Wildman–Crippen MR) is 22.4 cm³/mol. The van der Waals surface area contributed by atoms with Crippen molar-refractivity contribution in [2.45, 2.75) is 6.92 Å². The molecule has 2 heteroatoms. The van der Waals surface area contributed by atoms with Crippen LogP contribution in [0.5, 0.6) is 0 Å². The van der Waals surface area contributed by atoms with E-state index in [9.17, 15) is 4.57 Å². The molecule has 0 saturated heterocycles. The number of hydrogen-bond acceptors (Lipinski definition) is 1. The van der Waals surface area contributed by atoms with Crippen molar-refractivity contribution in [2.24, 2.45) is 0 Å². The van der Waals surface area contributed by atoms with Crippen molar-refractivity contribution in [3.63, 3.8) is 0 Å². The van der Waals surface area contributed by atoms with E-state index in [4.69, 9.17) is 0 Å². The highest BCUT2D eigenvalue weighted by atomic mass is 31.1. The zero-order chi connectivity index (χ0) is 4.28. The fourth-order valence-corrected chi connectivity index (χ4v) is 0. The average molecular weight is 88.0 g/mol. The lowest BCUT2D eigenvalue weighted by molar-refractivity contribution is 0.601. The van der Waals surface area contributed by atoms with E-state index in [2.05, 4.69) is 6.58 Å². The van der Waals surface area contributed by atoms with E-state index in [1.165, 1.54) is 0 Å². The first kappa shape index (κ1) is 4.84. The van der Waals surface area contributed by atoms with E-state index in [1.54, 1.807) is 6.92 Å². The van der Waals surface area contributed by atoms with Gasteiger partial charge >= 0.3 is 0 Å². The summed E-state index contributed by atoms with van der Waals surface area (Å²) in [6.07, 6.45) is 0. The van der Waals surface area contributed by atoms with Crippen LogP contribution in [0.4, 0.5) is 0 Å². The summed E-state index contributed by atoms with van der Waals surface area (Å²) in [5, 5.41) is 0.671. The van der Waals surface area contributed by atoms with Crippen molar-refractivity contribution < 1.29 is 4.57 Å². The van der Waals surface area contributed by atoms with E-state index in [0.717, 1.165) is 0 Å². The van der Waals surface area contributed by atoms with Crippen LogP contribution in [0, 0.1) is 0 Å². The van der Waals surface area contributed by atoms with Gasteiger partial charge in [0.25, 0.3) is 0 Å². The zero-order valence-corrected chi connectivity index (χ0v) is 3.96. The van der Waals surface area contributed by atoms with Gasteiger partial charge in [-0.25, -0.2) is 0 Å². The van der Waals surface area contributed by atoms with Gasteiger partial charge in [0.15, 0.2) is 8.46 Å². The first-order chi connectivity index (χ1) is 2.27. The van der Waals surface area contributed by atoms with Crippen molar-refractivity contribution in [3.05, 3.63) is 11.9 Å². The molecule has 0 aromatic heterocycles. The van der Waals surface area contributed by atoms with Gasteiger partial charge in [0.2, 0.25) is 0 Å². The second-order valence-electron chi connectivity index (χ2n) is 0.827. The molecule has 0 bridgehead atoms. The summed E-state index contributed by atoms with van der Waals surface area (Å²) in [5.41, 5.74) is 0. The maximum atomic E-state index is 9.50. The number of hydrogen-bond donors (Lipinski definition) is 0. The molecule has 0 rings (SSSR count). The van der Waals surface area contributed by atoms with Crippen molar-refractivity contribution in [2.75, 3.05) is 0 Å². The number of rotatable bonds is 1. The standard InChI is InChI=1S/C3H5OP/c1-3(2)5-4/h1H2,2H3. The molecule has 0 amide bonds. The van der Waals surface area contributed by atoms with Crippen molar-refractivity contribution >= 4 is 8.46 Å². The van der Waals surface area contributed by atoms with Gasteiger partial charge in [0.05, 0.1) is 0 Å². The van der Waals surface area contributed by atoms with Gasteiger partial charge in [-0.3, -0.25) is 4.57 Å². The monoisotopic (exact) mass is 88.0 g/mol. The highest BCUT2D eigenvalue weighted by Crippen LogP contribution is 2.03. The highest BCUT2D eigenvalue weighted by Gasteiger charge is 1.68. The SMILES string of the molecule is C=C(C)P=O. The number of allylic oxidation sites excluding steroid dienone is 1. The van der Waals surface area contributed by atoms with Gasteiger partial charge in [-0.15, -0.1) is 0 Å². The average Bonchev–Trinajstić information content (AvgIpc) is 1.38. The molecule has 0 aliphatic rings. The van der Waals surface area contributed by atoms with Gasteiger partial charge in [-0.05, 0) is 6.92 Å². The molecule has 0 spiro atoms. The molecular formula is C3H5OP. The Labute approximate surface area is 32.9 Å². The van der Waals surface area contributed by atoms with Crippen LogP contribution in [0.2, 0.25) is 0 Å². The van der Waals surface area contributed by atoms with Crippen LogP contribution in [-0.2, 0) is 4.57 Å². The molecule has 0 aromatic carbocycles. The quantitative estimate of drug-likeness (QED) is 0.447. The summed E-state index contributed by atoms with van der Waals surface area (Å²) in [4.78, 5) is 0. The Hall–Kier alpha value is -0.160. The Bertz CT molecular complexity index is 57.9. The molecule has 0 aliphatic carbocycles. The molecule has 0 N–H and O–H groups in total. The molecule has 0 saturated carbocycles. The van der Waals surface area contributed by atoms with Crippen LogP contribution >= 0.6 is 8.46 Å². The van der Waals surface area contributed by atoms with Gasteiger partial charge in [0.1, 0.15) is 0 Å². The fourth-order valence-electron chi connectivity index (χ4n) is 0. The first-order valence-electron chi connectivity index (χ1n) is 1.26. The van der Waals surface area contributed by atoms with Crippen molar-refractivity contribution in [1.29, 1.82) is 0 Å². The normalized spacial score (nSPS) is 8.20. The van der Waals surface area contributed by atoms with E-state index in [0.29, 0.717) is 5.31 Å². The fraction of sp³-hybridized carbons (Fsp3) is 0.333. The maximum absolute atomic E-state index is 9.50. The van der Waals surface area contributed by atoms with E-state index < -0.39 is 0 Å². The predicted octanol–water partition coefficient (Wildman–Crippen LogP) is 1.81. The molecule has 28 valence electrons. The van der Waals surface area contributed by atoms with Crippen molar-refractivity contribution in [3.8, 4) is 0 Å². The van der Waals surface area contributed by atoms with Crippen LogP contribution in [-0.4, -0.2) is 0 Å². The third kappa shape index (κ3) is 3.84. The second kappa shape index (κ2) is 2.10. The third-order valence-electron chi connectivity index (χ3n) is 0.156. The summed E-state index contributed by atoms with van der Waals surface area (Å²) in [5.74, 6) is 0. The summed E-state index contributed by atoms with van der Waals surface area (Å²) in [6, 6.07) is 0. The molecule has 1 nitrogen and oxygen atoms in total.